The predicted octanol–water partition coefficient (Wildman–Crippen LogP) is 14.6. The average Bonchev–Trinajstić information content (AvgIpc) is 3.69. The first kappa shape index (κ1) is 37.1. The molecule has 0 amide bonds. The Bertz CT molecular complexity index is 1810. The molecular formula is C51H64. The van der Waals surface area contributed by atoms with Crippen molar-refractivity contribution in [1.82, 2.24) is 0 Å². The molecule has 0 heteroatoms. The van der Waals surface area contributed by atoms with E-state index < -0.39 is 0 Å². The van der Waals surface area contributed by atoms with Crippen LogP contribution in [0.2, 0.25) is 0 Å². The summed E-state index contributed by atoms with van der Waals surface area (Å²) in [6, 6.07) is 28.8. The van der Waals surface area contributed by atoms with Gasteiger partial charge in [0.05, 0.1) is 0 Å². The number of allylic oxidation sites excluding steroid dienone is 2. The van der Waals surface area contributed by atoms with Gasteiger partial charge in [-0.1, -0.05) is 193 Å². The van der Waals surface area contributed by atoms with Crippen molar-refractivity contribution in [3.05, 3.63) is 128 Å². The van der Waals surface area contributed by atoms with E-state index in [4.69, 9.17) is 0 Å². The molecule has 0 aromatic heterocycles. The Morgan fingerprint density at radius 3 is 1.02 bits per heavy atom. The molecule has 0 saturated carbocycles. The molecule has 0 nitrogen and oxygen atoms in total. The van der Waals surface area contributed by atoms with E-state index in [1.165, 1.54) is 66.8 Å². The molecule has 2 aliphatic rings. The van der Waals surface area contributed by atoms with E-state index in [1.54, 1.807) is 11.1 Å². The first-order valence-corrected chi connectivity index (χ1v) is 19.6. The third kappa shape index (κ3) is 6.98. The normalized spacial score (nSPS) is 15.1. The van der Waals surface area contributed by atoms with Crippen LogP contribution in [0.25, 0.3) is 34.4 Å². The summed E-state index contributed by atoms with van der Waals surface area (Å²) in [5, 5.41) is 0. The molecule has 2 aliphatic carbocycles. The van der Waals surface area contributed by atoms with Crippen molar-refractivity contribution in [2.45, 2.75) is 144 Å². The van der Waals surface area contributed by atoms with Gasteiger partial charge >= 0.3 is 0 Å². The first-order valence-electron chi connectivity index (χ1n) is 19.6. The Hall–Kier alpha value is -3.64. The lowest BCUT2D eigenvalue weighted by atomic mass is 9.68. The fourth-order valence-electron chi connectivity index (χ4n) is 8.52. The van der Waals surface area contributed by atoms with Crippen LogP contribution in [0.3, 0.4) is 0 Å². The Balaban J connectivity index is 1.46. The Labute approximate surface area is 311 Å². The highest BCUT2D eigenvalue weighted by atomic mass is 14.4. The SMILES string of the molecule is CCC(CC)(C1=Cc2c(cccc2-c2cc(C(C)(C)C)cc(C(C)(C)C)c2)C1)C1=Cc2c(cccc2-c2cc(C(C)(C)C)cc(C(C)(C)C)c2)C1. The van der Waals surface area contributed by atoms with Crippen molar-refractivity contribution < 1.29 is 0 Å². The van der Waals surface area contributed by atoms with Crippen molar-refractivity contribution in [3.8, 4) is 22.3 Å². The molecule has 51 heavy (non-hydrogen) atoms. The molecule has 0 spiro atoms. The molecule has 4 aromatic carbocycles. The largest absolute Gasteiger partial charge is 0.0642 e. The molecule has 4 aromatic rings. The first-order chi connectivity index (χ1) is 23.7. The number of fused-ring (bicyclic) bond motifs is 2. The van der Waals surface area contributed by atoms with Gasteiger partial charge in [0.15, 0.2) is 0 Å². The van der Waals surface area contributed by atoms with Crippen molar-refractivity contribution in [2.75, 3.05) is 0 Å². The summed E-state index contributed by atoms with van der Waals surface area (Å²) in [4.78, 5) is 0. The molecular weight excluding hydrogens is 613 g/mol. The monoisotopic (exact) mass is 677 g/mol. The second-order valence-corrected chi connectivity index (χ2v) is 19.8. The maximum absolute atomic E-state index is 2.60. The van der Waals surface area contributed by atoms with E-state index in [0.29, 0.717) is 0 Å². The number of hydrogen-bond acceptors (Lipinski definition) is 0. The zero-order chi connectivity index (χ0) is 37.3. The minimum absolute atomic E-state index is 0.0280. The molecule has 0 N–H and O–H groups in total. The third-order valence-electron chi connectivity index (χ3n) is 12.2. The van der Waals surface area contributed by atoms with E-state index >= 15 is 0 Å². The molecule has 0 fully saturated rings. The average molecular weight is 677 g/mol. The van der Waals surface area contributed by atoms with Crippen LogP contribution in [0, 0.1) is 5.41 Å². The summed E-state index contributed by atoms with van der Waals surface area (Å²) in [7, 11) is 0. The fourth-order valence-corrected chi connectivity index (χ4v) is 8.52. The zero-order valence-corrected chi connectivity index (χ0v) is 34.4. The van der Waals surface area contributed by atoms with Gasteiger partial charge < -0.3 is 0 Å². The molecule has 0 heterocycles. The molecule has 0 unspecified atom stereocenters. The second kappa shape index (κ2) is 12.8. The second-order valence-electron chi connectivity index (χ2n) is 19.8. The highest BCUT2D eigenvalue weighted by Crippen LogP contribution is 2.53. The van der Waals surface area contributed by atoms with Crippen molar-refractivity contribution in [2.24, 2.45) is 5.41 Å². The van der Waals surface area contributed by atoms with Crippen LogP contribution >= 0.6 is 0 Å². The summed E-state index contributed by atoms with van der Waals surface area (Å²) in [6.45, 7) is 32.9. The van der Waals surface area contributed by atoms with Gasteiger partial charge in [-0.15, -0.1) is 0 Å². The lowest BCUT2D eigenvalue weighted by Gasteiger charge is -2.35. The van der Waals surface area contributed by atoms with Crippen molar-refractivity contribution in [1.29, 1.82) is 0 Å². The summed E-state index contributed by atoms with van der Waals surface area (Å²) in [5.74, 6) is 0. The molecule has 0 atom stereocenters. The van der Waals surface area contributed by atoms with Crippen LogP contribution in [0.5, 0.6) is 0 Å². The minimum Gasteiger partial charge on any atom is -0.0642 e. The summed E-state index contributed by atoms with van der Waals surface area (Å²) in [6.07, 6.45) is 9.47. The molecule has 0 radical (unpaired) electrons. The van der Waals surface area contributed by atoms with Crippen molar-refractivity contribution in [3.63, 3.8) is 0 Å². The topological polar surface area (TPSA) is 0 Å². The number of rotatable bonds is 6. The zero-order valence-electron chi connectivity index (χ0n) is 34.4. The van der Waals surface area contributed by atoms with Crippen LogP contribution < -0.4 is 0 Å². The van der Waals surface area contributed by atoms with Crippen LogP contribution in [0.4, 0.5) is 0 Å². The summed E-state index contributed by atoms with van der Waals surface area (Å²) in [5.41, 5.74) is 20.4. The fraction of sp³-hybridized carbons (Fsp3) is 0.451. The number of hydrogen-bond donors (Lipinski definition) is 0. The molecule has 0 saturated heterocycles. The van der Waals surface area contributed by atoms with E-state index in [2.05, 4.69) is 182 Å². The number of benzene rings is 4. The quantitative estimate of drug-likeness (QED) is 0.191. The lowest BCUT2D eigenvalue weighted by Crippen LogP contribution is -2.25. The molecule has 0 aliphatic heterocycles. The Morgan fingerprint density at radius 1 is 0.431 bits per heavy atom. The van der Waals surface area contributed by atoms with Gasteiger partial charge in [-0.05, 0) is 114 Å². The smallest absolute Gasteiger partial charge is 0.0129 e. The lowest BCUT2D eigenvalue weighted by molar-refractivity contribution is 0.390. The molecule has 0 bridgehead atoms. The van der Waals surface area contributed by atoms with Crippen LogP contribution in [0.15, 0.2) is 83.9 Å². The Morgan fingerprint density at radius 2 is 0.745 bits per heavy atom. The van der Waals surface area contributed by atoms with Gasteiger partial charge in [0.1, 0.15) is 0 Å². The van der Waals surface area contributed by atoms with Gasteiger partial charge in [0, 0.05) is 5.41 Å². The summed E-state index contributed by atoms with van der Waals surface area (Å²) < 4.78 is 0. The van der Waals surface area contributed by atoms with Crippen LogP contribution in [0.1, 0.15) is 154 Å². The predicted molar refractivity (Wildman–Crippen MR) is 225 cm³/mol. The van der Waals surface area contributed by atoms with E-state index in [9.17, 15) is 0 Å². The minimum atomic E-state index is 0.0280. The molecule has 6 rings (SSSR count). The maximum Gasteiger partial charge on any atom is 0.0129 e. The van der Waals surface area contributed by atoms with Gasteiger partial charge in [-0.3, -0.25) is 0 Å². The van der Waals surface area contributed by atoms with Gasteiger partial charge in [-0.2, -0.15) is 0 Å². The Kier molecular flexibility index (Phi) is 9.31. The van der Waals surface area contributed by atoms with Crippen LogP contribution in [-0.2, 0) is 34.5 Å². The van der Waals surface area contributed by atoms with Gasteiger partial charge in [0.2, 0.25) is 0 Å². The molecule has 268 valence electrons. The van der Waals surface area contributed by atoms with E-state index in [-0.39, 0.29) is 27.1 Å². The maximum atomic E-state index is 2.60. The summed E-state index contributed by atoms with van der Waals surface area (Å²) >= 11 is 0. The van der Waals surface area contributed by atoms with Crippen molar-refractivity contribution >= 4 is 12.2 Å². The van der Waals surface area contributed by atoms with Gasteiger partial charge in [-0.25, -0.2) is 0 Å². The van der Waals surface area contributed by atoms with Crippen LogP contribution in [-0.4, -0.2) is 0 Å². The highest BCUT2D eigenvalue weighted by Gasteiger charge is 2.39. The highest BCUT2D eigenvalue weighted by molar-refractivity contribution is 5.85. The van der Waals surface area contributed by atoms with E-state index in [1.807, 2.05) is 0 Å². The third-order valence-corrected chi connectivity index (χ3v) is 12.2. The standard InChI is InChI=1S/C51H64/c1-15-51(16-2,41-23-33-19-17-21-43(45(33)31-41)35-25-37(47(3,4)5)29-38(26-35)48(6,7)8)42-24-34-20-18-22-44(46(34)32-42)36-27-39(49(9,10)11)30-40(28-36)50(12,13)14/h17-22,25-32H,15-16,23-24H2,1-14H3. The van der Waals surface area contributed by atoms with Gasteiger partial charge in [0.25, 0.3) is 0 Å². The van der Waals surface area contributed by atoms with E-state index in [0.717, 1.165) is 25.7 Å².